The van der Waals surface area contributed by atoms with E-state index in [1.807, 2.05) is 0 Å². The molecule has 0 saturated heterocycles. The maximum atomic E-state index is 13.2. The quantitative estimate of drug-likeness (QED) is 0.871. The topological polar surface area (TPSA) is 60.2 Å². The zero-order valence-corrected chi connectivity index (χ0v) is 12.4. The van der Waals surface area contributed by atoms with Crippen LogP contribution in [0.4, 0.5) is 10.1 Å². The van der Waals surface area contributed by atoms with Gasteiger partial charge >= 0.3 is 0 Å². The molecule has 0 aliphatic carbocycles. The van der Waals surface area contributed by atoms with Gasteiger partial charge in [-0.1, -0.05) is 23.2 Å². The number of rotatable bonds is 3. The van der Waals surface area contributed by atoms with Gasteiger partial charge in [0.05, 0.1) is 16.3 Å². The third kappa shape index (κ3) is 3.23. The van der Waals surface area contributed by atoms with Crippen molar-refractivity contribution in [1.29, 1.82) is 0 Å². The number of hydrogen-bond donors (Lipinski definition) is 1. The summed E-state index contributed by atoms with van der Waals surface area (Å²) in [5, 5.41) is 0.521. The van der Waals surface area contributed by atoms with E-state index < -0.39 is 21.4 Å². The van der Waals surface area contributed by atoms with Crippen LogP contribution in [0.25, 0.3) is 0 Å². The zero-order valence-electron chi connectivity index (χ0n) is 10.1. The molecule has 0 saturated carbocycles. The largest absolute Gasteiger partial charge is 0.398 e. The third-order valence-corrected chi connectivity index (χ3v) is 5.00. The summed E-state index contributed by atoms with van der Waals surface area (Å²) in [6, 6.07) is 7.66. The lowest BCUT2D eigenvalue weighted by Gasteiger charge is -2.09. The van der Waals surface area contributed by atoms with Crippen molar-refractivity contribution in [1.82, 2.24) is 0 Å². The Hall–Kier alpha value is -1.30. The van der Waals surface area contributed by atoms with Gasteiger partial charge in [-0.15, -0.1) is 0 Å². The number of sulfone groups is 1. The molecule has 106 valence electrons. The molecule has 0 atom stereocenters. The molecule has 0 fully saturated rings. The van der Waals surface area contributed by atoms with Gasteiger partial charge in [0.2, 0.25) is 0 Å². The molecule has 0 aromatic heterocycles. The molecular formula is C13H10Cl2FNO2S. The van der Waals surface area contributed by atoms with Crippen molar-refractivity contribution in [2.24, 2.45) is 0 Å². The Labute approximate surface area is 126 Å². The molecule has 0 heterocycles. The van der Waals surface area contributed by atoms with E-state index in [4.69, 9.17) is 28.9 Å². The fourth-order valence-corrected chi connectivity index (χ4v) is 3.68. The molecule has 0 unspecified atom stereocenters. The van der Waals surface area contributed by atoms with E-state index in [1.54, 1.807) is 0 Å². The molecule has 0 aliphatic rings. The van der Waals surface area contributed by atoms with E-state index in [1.165, 1.54) is 24.3 Å². The first-order chi connectivity index (χ1) is 9.29. The first-order valence-corrected chi connectivity index (χ1v) is 7.92. The first kappa shape index (κ1) is 15.1. The highest BCUT2D eigenvalue weighted by molar-refractivity contribution is 7.90. The lowest BCUT2D eigenvalue weighted by atomic mass is 10.2. The summed E-state index contributed by atoms with van der Waals surface area (Å²) in [5.41, 5.74) is 5.89. The summed E-state index contributed by atoms with van der Waals surface area (Å²) in [6.45, 7) is 0. The average Bonchev–Trinajstić information content (AvgIpc) is 2.33. The summed E-state index contributed by atoms with van der Waals surface area (Å²) in [4.78, 5) is -0.0535. The Morgan fingerprint density at radius 2 is 1.80 bits per heavy atom. The standard InChI is InChI=1S/C13H10Cl2FNO2S/c14-9-1-4-13(12(17)6-9)20(18,19)7-8-5-10(16)2-3-11(8)15/h1-6H,7,17H2. The number of nitrogen functional groups attached to an aromatic ring is 1. The number of hydrogen-bond acceptors (Lipinski definition) is 3. The molecule has 20 heavy (non-hydrogen) atoms. The Kier molecular flexibility index (Phi) is 4.22. The normalized spacial score (nSPS) is 11.6. The summed E-state index contributed by atoms with van der Waals surface area (Å²) in [5.74, 6) is -0.987. The van der Waals surface area contributed by atoms with Crippen LogP contribution >= 0.6 is 23.2 Å². The highest BCUT2D eigenvalue weighted by Crippen LogP contribution is 2.27. The van der Waals surface area contributed by atoms with E-state index in [-0.39, 0.29) is 21.2 Å². The van der Waals surface area contributed by atoms with Gasteiger partial charge in [-0.25, -0.2) is 12.8 Å². The predicted molar refractivity (Wildman–Crippen MR) is 78.2 cm³/mol. The summed E-state index contributed by atoms with van der Waals surface area (Å²) < 4.78 is 37.7. The van der Waals surface area contributed by atoms with Crippen molar-refractivity contribution < 1.29 is 12.8 Å². The van der Waals surface area contributed by atoms with Gasteiger partial charge in [0.15, 0.2) is 9.84 Å². The first-order valence-electron chi connectivity index (χ1n) is 5.51. The van der Waals surface area contributed by atoms with Crippen molar-refractivity contribution >= 4 is 38.7 Å². The van der Waals surface area contributed by atoms with E-state index in [0.717, 1.165) is 12.1 Å². The number of nitrogens with two attached hydrogens (primary N) is 1. The molecule has 2 N–H and O–H groups in total. The fourth-order valence-electron chi connectivity index (χ4n) is 1.74. The number of halogens is 3. The second-order valence-corrected chi connectivity index (χ2v) is 6.98. The fraction of sp³-hybridized carbons (Fsp3) is 0.0769. The SMILES string of the molecule is Nc1cc(Cl)ccc1S(=O)(=O)Cc1cc(F)ccc1Cl. The van der Waals surface area contributed by atoms with Gasteiger partial charge in [0, 0.05) is 10.0 Å². The molecule has 0 bridgehead atoms. The van der Waals surface area contributed by atoms with Crippen LogP contribution in [-0.4, -0.2) is 8.42 Å². The highest BCUT2D eigenvalue weighted by Gasteiger charge is 2.20. The van der Waals surface area contributed by atoms with Crippen molar-refractivity contribution in [3.8, 4) is 0 Å². The molecule has 2 aromatic carbocycles. The molecule has 3 nitrogen and oxygen atoms in total. The van der Waals surface area contributed by atoms with Crippen LogP contribution in [0.5, 0.6) is 0 Å². The maximum absolute atomic E-state index is 13.2. The van der Waals surface area contributed by atoms with Gasteiger partial charge < -0.3 is 5.73 Å². The van der Waals surface area contributed by atoms with Gasteiger partial charge in [0.1, 0.15) is 5.82 Å². The average molecular weight is 334 g/mol. The van der Waals surface area contributed by atoms with Crippen LogP contribution in [0.2, 0.25) is 10.0 Å². The lowest BCUT2D eigenvalue weighted by Crippen LogP contribution is -2.08. The van der Waals surface area contributed by atoms with Gasteiger partial charge in [0.25, 0.3) is 0 Å². The Bertz CT molecular complexity index is 763. The Morgan fingerprint density at radius 1 is 1.10 bits per heavy atom. The van der Waals surface area contributed by atoms with Crippen LogP contribution in [0.1, 0.15) is 5.56 Å². The van der Waals surface area contributed by atoms with Crippen molar-refractivity contribution in [2.45, 2.75) is 10.6 Å². The minimum Gasteiger partial charge on any atom is -0.398 e. The minimum atomic E-state index is -3.73. The van der Waals surface area contributed by atoms with E-state index >= 15 is 0 Å². The van der Waals surface area contributed by atoms with Crippen LogP contribution in [0.15, 0.2) is 41.3 Å². The molecule has 2 aromatic rings. The van der Waals surface area contributed by atoms with Crippen LogP contribution in [0, 0.1) is 5.82 Å². The molecular weight excluding hydrogens is 324 g/mol. The van der Waals surface area contributed by atoms with Gasteiger partial charge in [-0.2, -0.15) is 0 Å². The molecule has 0 radical (unpaired) electrons. The molecule has 0 spiro atoms. The van der Waals surface area contributed by atoms with Crippen LogP contribution in [0.3, 0.4) is 0 Å². The third-order valence-electron chi connectivity index (χ3n) is 2.66. The minimum absolute atomic E-state index is 0.0463. The zero-order chi connectivity index (χ0) is 14.9. The second kappa shape index (κ2) is 5.60. The van der Waals surface area contributed by atoms with Crippen molar-refractivity contribution in [2.75, 3.05) is 5.73 Å². The van der Waals surface area contributed by atoms with Crippen LogP contribution in [-0.2, 0) is 15.6 Å². The van der Waals surface area contributed by atoms with Gasteiger partial charge in [-0.05, 0) is 42.0 Å². The highest BCUT2D eigenvalue weighted by atomic mass is 35.5. The smallest absolute Gasteiger partial charge is 0.184 e. The number of benzene rings is 2. The summed E-state index contributed by atoms with van der Waals surface area (Å²) >= 11 is 11.6. The lowest BCUT2D eigenvalue weighted by molar-refractivity contribution is 0.595. The maximum Gasteiger partial charge on any atom is 0.184 e. The molecule has 2 rings (SSSR count). The van der Waals surface area contributed by atoms with E-state index in [0.29, 0.717) is 5.02 Å². The molecule has 0 aliphatic heterocycles. The molecule has 0 amide bonds. The summed E-state index contributed by atoms with van der Waals surface area (Å²) in [6.07, 6.45) is 0. The van der Waals surface area contributed by atoms with Crippen molar-refractivity contribution in [3.63, 3.8) is 0 Å². The number of anilines is 1. The van der Waals surface area contributed by atoms with E-state index in [9.17, 15) is 12.8 Å². The predicted octanol–water partition coefficient (Wildman–Crippen LogP) is 3.69. The Balaban J connectivity index is 2.43. The second-order valence-electron chi connectivity index (χ2n) is 4.18. The Morgan fingerprint density at radius 3 is 2.45 bits per heavy atom. The van der Waals surface area contributed by atoms with Crippen molar-refractivity contribution in [3.05, 3.63) is 57.8 Å². The van der Waals surface area contributed by atoms with Crippen LogP contribution < -0.4 is 5.73 Å². The monoisotopic (exact) mass is 333 g/mol. The van der Waals surface area contributed by atoms with Gasteiger partial charge in [-0.3, -0.25) is 0 Å². The summed E-state index contributed by atoms with van der Waals surface area (Å²) in [7, 11) is -3.73. The molecule has 7 heteroatoms. The van der Waals surface area contributed by atoms with E-state index in [2.05, 4.69) is 0 Å².